The van der Waals surface area contributed by atoms with Crippen molar-refractivity contribution in [1.29, 1.82) is 0 Å². The molecule has 0 N–H and O–H groups in total. The first-order chi connectivity index (χ1) is 12.8. The Balaban J connectivity index is 1.55. The van der Waals surface area contributed by atoms with E-state index in [0.29, 0.717) is 5.92 Å². The van der Waals surface area contributed by atoms with Crippen LogP contribution in [0.5, 0.6) is 0 Å². The van der Waals surface area contributed by atoms with Crippen LogP contribution in [0.2, 0.25) is 0 Å². The van der Waals surface area contributed by atoms with Crippen molar-refractivity contribution in [3.8, 4) is 11.4 Å². The maximum atomic E-state index is 5.71. The molecule has 5 nitrogen and oxygen atoms in total. The van der Waals surface area contributed by atoms with Gasteiger partial charge >= 0.3 is 0 Å². The zero-order valence-corrected chi connectivity index (χ0v) is 14.6. The molecule has 1 aliphatic rings. The Morgan fingerprint density at radius 3 is 2.73 bits per heavy atom. The molecule has 5 heteroatoms. The molecule has 130 valence electrons. The molecular formula is C21H20N4O. The third-order valence-electron chi connectivity index (χ3n) is 5.11. The van der Waals surface area contributed by atoms with E-state index in [9.17, 15) is 0 Å². The van der Waals surface area contributed by atoms with Crippen LogP contribution >= 0.6 is 0 Å². The van der Waals surface area contributed by atoms with E-state index >= 15 is 0 Å². The minimum Gasteiger partial charge on any atom is -0.376 e. The van der Waals surface area contributed by atoms with Crippen molar-refractivity contribution in [3.05, 3.63) is 73.1 Å². The summed E-state index contributed by atoms with van der Waals surface area (Å²) in [6, 6.07) is 14.8. The first-order valence-electron chi connectivity index (χ1n) is 8.92. The lowest BCUT2D eigenvalue weighted by molar-refractivity contribution is 0.0847. The molecule has 4 aromatic rings. The van der Waals surface area contributed by atoms with E-state index in [0.717, 1.165) is 22.4 Å². The number of rotatable bonds is 5. The van der Waals surface area contributed by atoms with Crippen LogP contribution in [0.3, 0.4) is 0 Å². The molecule has 1 aliphatic carbocycles. The minimum atomic E-state index is 0.189. The molecule has 2 aromatic heterocycles. The maximum absolute atomic E-state index is 5.71. The van der Waals surface area contributed by atoms with Crippen LogP contribution in [-0.4, -0.2) is 26.2 Å². The topological polar surface area (TPSA) is 44.9 Å². The van der Waals surface area contributed by atoms with Crippen molar-refractivity contribution in [2.75, 3.05) is 7.11 Å². The highest BCUT2D eigenvalue weighted by atomic mass is 16.5. The van der Waals surface area contributed by atoms with E-state index in [4.69, 9.17) is 4.74 Å². The molecule has 0 aliphatic heterocycles. The van der Waals surface area contributed by atoms with Crippen LogP contribution < -0.4 is 0 Å². The predicted octanol–water partition coefficient (Wildman–Crippen LogP) is 4.31. The standard InChI is InChI=1S/C21H20N4O/c1-26-21(15-5-6-15)16-7-8-20-19(11-16)23-14-25(20)18-4-2-3-17(12-18)24-10-9-22-13-24/h2-4,7-15,21H,5-6H2,1H3. The summed E-state index contributed by atoms with van der Waals surface area (Å²) in [6.07, 6.45) is 10.1. The lowest BCUT2D eigenvalue weighted by Gasteiger charge is -2.15. The number of aromatic nitrogens is 4. The van der Waals surface area contributed by atoms with Crippen molar-refractivity contribution < 1.29 is 4.74 Å². The second-order valence-corrected chi connectivity index (χ2v) is 6.85. The molecule has 0 radical (unpaired) electrons. The number of nitrogens with zero attached hydrogens (tertiary/aromatic N) is 4. The zero-order chi connectivity index (χ0) is 17.5. The summed E-state index contributed by atoms with van der Waals surface area (Å²) < 4.78 is 9.84. The van der Waals surface area contributed by atoms with E-state index in [1.165, 1.54) is 18.4 Å². The van der Waals surface area contributed by atoms with Crippen molar-refractivity contribution in [3.63, 3.8) is 0 Å². The zero-order valence-electron chi connectivity index (χ0n) is 14.6. The average Bonchev–Trinajstić information content (AvgIpc) is 3.20. The number of fused-ring (bicyclic) bond motifs is 1. The summed E-state index contributed by atoms with van der Waals surface area (Å²) >= 11 is 0. The Morgan fingerprint density at radius 1 is 1.08 bits per heavy atom. The predicted molar refractivity (Wildman–Crippen MR) is 101 cm³/mol. The first kappa shape index (κ1) is 15.3. The lowest BCUT2D eigenvalue weighted by Crippen LogP contribution is -2.03. The Morgan fingerprint density at radius 2 is 1.96 bits per heavy atom. The van der Waals surface area contributed by atoms with Crippen LogP contribution in [0.15, 0.2) is 67.5 Å². The molecule has 0 amide bonds. The second-order valence-electron chi connectivity index (χ2n) is 6.85. The Kier molecular flexibility index (Phi) is 3.60. The molecule has 1 atom stereocenters. The molecule has 0 spiro atoms. The van der Waals surface area contributed by atoms with Gasteiger partial charge in [-0.1, -0.05) is 12.1 Å². The van der Waals surface area contributed by atoms with Crippen molar-refractivity contribution in [2.45, 2.75) is 18.9 Å². The van der Waals surface area contributed by atoms with Gasteiger partial charge in [0, 0.05) is 30.9 Å². The van der Waals surface area contributed by atoms with Crippen molar-refractivity contribution in [1.82, 2.24) is 19.1 Å². The van der Waals surface area contributed by atoms with E-state index in [-0.39, 0.29) is 6.10 Å². The molecule has 1 saturated carbocycles. The third kappa shape index (κ3) is 2.61. The molecule has 0 saturated heterocycles. The fraction of sp³-hybridized carbons (Fsp3) is 0.238. The summed E-state index contributed by atoms with van der Waals surface area (Å²) in [7, 11) is 1.80. The summed E-state index contributed by atoms with van der Waals surface area (Å²) in [4.78, 5) is 8.76. The van der Waals surface area contributed by atoms with E-state index < -0.39 is 0 Å². The number of methoxy groups -OCH3 is 1. The highest BCUT2D eigenvalue weighted by Crippen LogP contribution is 2.43. The normalized spacial score (nSPS) is 15.4. The van der Waals surface area contributed by atoms with Gasteiger partial charge in [-0.2, -0.15) is 0 Å². The quantitative estimate of drug-likeness (QED) is 0.542. The number of imidazole rings is 2. The molecule has 26 heavy (non-hydrogen) atoms. The smallest absolute Gasteiger partial charge is 0.100 e. The third-order valence-corrected chi connectivity index (χ3v) is 5.11. The summed E-state index contributed by atoms with van der Waals surface area (Å²) in [5, 5.41) is 0. The van der Waals surface area contributed by atoms with Crippen molar-refractivity contribution in [2.24, 2.45) is 5.92 Å². The molecule has 5 rings (SSSR count). The van der Waals surface area contributed by atoms with Crippen LogP contribution in [0.1, 0.15) is 24.5 Å². The maximum Gasteiger partial charge on any atom is 0.100 e. The van der Waals surface area contributed by atoms with Crippen LogP contribution in [-0.2, 0) is 4.74 Å². The molecule has 1 fully saturated rings. The minimum absolute atomic E-state index is 0.189. The van der Waals surface area contributed by atoms with Crippen LogP contribution in [0.4, 0.5) is 0 Å². The molecule has 2 aromatic carbocycles. The lowest BCUT2D eigenvalue weighted by atomic mass is 10.0. The monoisotopic (exact) mass is 344 g/mol. The molecule has 1 unspecified atom stereocenters. The fourth-order valence-electron chi connectivity index (χ4n) is 3.63. The molecule has 2 heterocycles. The summed E-state index contributed by atoms with van der Waals surface area (Å²) in [5.74, 6) is 0.659. The molecule has 0 bridgehead atoms. The first-order valence-corrected chi connectivity index (χ1v) is 8.92. The van der Waals surface area contributed by atoms with Gasteiger partial charge in [-0.15, -0.1) is 0 Å². The van der Waals surface area contributed by atoms with Gasteiger partial charge in [-0.25, -0.2) is 9.97 Å². The van der Waals surface area contributed by atoms with E-state index in [1.54, 1.807) is 19.6 Å². The van der Waals surface area contributed by atoms with Crippen LogP contribution in [0, 0.1) is 5.92 Å². The highest BCUT2D eigenvalue weighted by Gasteiger charge is 2.32. The highest BCUT2D eigenvalue weighted by molar-refractivity contribution is 5.78. The van der Waals surface area contributed by atoms with Gasteiger partial charge in [0.15, 0.2) is 0 Å². The van der Waals surface area contributed by atoms with Gasteiger partial charge in [0.05, 0.1) is 23.5 Å². The number of benzene rings is 2. The van der Waals surface area contributed by atoms with Gasteiger partial charge in [-0.05, 0) is 54.7 Å². The Labute approximate surface area is 151 Å². The van der Waals surface area contributed by atoms with E-state index in [1.807, 2.05) is 17.1 Å². The summed E-state index contributed by atoms with van der Waals surface area (Å²) in [6.45, 7) is 0. The van der Waals surface area contributed by atoms with Gasteiger partial charge < -0.3 is 9.30 Å². The fourth-order valence-corrected chi connectivity index (χ4v) is 3.63. The largest absolute Gasteiger partial charge is 0.376 e. The van der Waals surface area contributed by atoms with Crippen LogP contribution in [0.25, 0.3) is 22.4 Å². The summed E-state index contributed by atoms with van der Waals surface area (Å²) in [5.41, 5.74) is 5.48. The van der Waals surface area contributed by atoms with E-state index in [2.05, 4.69) is 57.0 Å². The number of hydrogen-bond acceptors (Lipinski definition) is 3. The second kappa shape index (κ2) is 6.11. The van der Waals surface area contributed by atoms with Crippen molar-refractivity contribution >= 4 is 11.0 Å². The number of ether oxygens (including phenoxy) is 1. The SMILES string of the molecule is COC(c1ccc2c(c1)ncn2-c1cccc(-n2ccnc2)c1)C1CC1. The van der Waals surface area contributed by atoms with Gasteiger partial charge in [0.25, 0.3) is 0 Å². The Hall–Kier alpha value is -2.92. The Bertz CT molecular complexity index is 1050. The number of hydrogen-bond donors (Lipinski definition) is 0. The molecular weight excluding hydrogens is 324 g/mol. The van der Waals surface area contributed by atoms with Gasteiger partial charge in [-0.3, -0.25) is 4.57 Å². The van der Waals surface area contributed by atoms with Gasteiger partial charge in [0.2, 0.25) is 0 Å². The van der Waals surface area contributed by atoms with Gasteiger partial charge in [0.1, 0.15) is 6.33 Å². The average molecular weight is 344 g/mol.